The second-order valence-corrected chi connectivity index (χ2v) is 9.11. The monoisotopic (exact) mass is 490 g/mol. The third-order valence-corrected chi connectivity index (χ3v) is 6.14. The van der Waals surface area contributed by atoms with Crippen LogP contribution >= 0.6 is 0 Å². The molecule has 0 saturated carbocycles. The molecule has 1 saturated heterocycles. The van der Waals surface area contributed by atoms with Crippen LogP contribution in [0.1, 0.15) is 19.6 Å². The second-order valence-electron chi connectivity index (χ2n) is 9.11. The molecule has 0 radical (unpaired) electrons. The summed E-state index contributed by atoms with van der Waals surface area (Å²) in [7, 11) is 0. The summed E-state index contributed by atoms with van der Waals surface area (Å²) in [5.74, 6) is 1.99. The Morgan fingerprint density at radius 2 is 1.83 bits per heavy atom. The first kappa shape index (κ1) is 23.7. The van der Waals surface area contributed by atoms with Gasteiger partial charge in [-0.25, -0.2) is 15.0 Å². The second kappa shape index (κ2) is 9.94. The normalized spacial score (nSPS) is 14.6. The van der Waals surface area contributed by atoms with Crippen molar-refractivity contribution in [1.29, 1.82) is 0 Å². The Bertz CT molecular complexity index is 1410. The van der Waals surface area contributed by atoms with Crippen molar-refractivity contribution >= 4 is 22.8 Å². The highest BCUT2D eigenvalue weighted by atomic mass is 16.5. The minimum atomic E-state index is -0.226. The molecule has 0 spiro atoms. The fourth-order valence-electron chi connectivity index (χ4n) is 4.35. The van der Waals surface area contributed by atoms with Crippen LogP contribution < -0.4 is 20.9 Å². The molecule has 5 heterocycles. The number of furan rings is 1. The number of pyridine rings is 1. The van der Waals surface area contributed by atoms with Crippen LogP contribution in [-0.2, 0) is 6.54 Å². The Labute approximate surface area is 208 Å². The zero-order chi connectivity index (χ0) is 25.2. The van der Waals surface area contributed by atoms with Gasteiger partial charge in [0.2, 0.25) is 11.8 Å². The average Bonchev–Trinajstić information content (AvgIpc) is 3.29. The molecule has 11 heteroatoms. The maximum absolute atomic E-state index is 12.7. The number of nitrogens with two attached hydrogens (primary N) is 1. The van der Waals surface area contributed by atoms with Crippen molar-refractivity contribution in [2.75, 3.05) is 43.4 Å². The predicted octanol–water partition coefficient (Wildman–Crippen LogP) is 2.34. The van der Waals surface area contributed by atoms with E-state index in [2.05, 4.69) is 29.7 Å². The third kappa shape index (κ3) is 5.01. The molecule has 1 aliphatic heterocycles. The van der Waals surface area contributed by atoms with Crippen LogP contribution in [0.4, 0.5) is 11.6 Å². The number of ether oxygens (including phenoxy) is 1. The summed E-state index contributed by atoms with van der Waals surface area (Å²) in [6.45, 7) is 10.5. The standard InChI is InChI=1S/C25H30N8O3/c1-16(2)35-20-7-5-18(14-27-20)32-11-8-31(9-12-32)10-13-33-21(34)15-28-23-22(19-6-4-17(3)36-19)29-25(26)30-24(23)33/h4-7,14-16H,8-13H2,1-3H3,(H2,26,29,30). The molecule has 188 valence electrons. The summed E-state index contributed by atoms with van der Waals surface area (Å²) in [5.41, 5.74) is 8.22. The Kier molecular flexibility index (Phi) is 6.55. The molecule has 0 aliphatic carbocycles. The number of rotatable bonds is 7. The Morgan fingerprint density at radius 1 is 1.03 bits per heavy atom. The number of piperazine rings is 1. The summed E-state index contributed by atoms with van der Waals surface area (Å²) in [4.78, 5) is 34.8. The molecule has 5 rings (SSSR count). The van der Waals surface area contributed by atoms with Gasteiger partial charge in [0.25, 0.3) is 5.56 Å². The van der Waals surface area contributed by atoms with Crippen LogP contribution in [-0.4, -0.2) is 68.2 Å². The van der Waals surface area contributed by atoms with E-state index in [1.165, 1.54) is 6.20 Å². The maximum atomic E-state index is 12.7. The minimum absolute atomic E-state index is 0.0692. The van der Waals surface area contributed by atoms with E-state index in [1.807, 2.05) is 51.2 Å². The average molecular weight is 491 g/mol. The van der Waals surface area contributed by atoms with E-state index in [0.29, 0.717) is 41.6 Å². The highest BCUT2D eigenvalue weighted by Gasteiger charge is 2.20. The number of aromatic nitrogens is 5. The molecule has 1 fully saturated rings. The molecule has 0 bridgehead atoms. The molecule has 0 atom stereocenters. The van der Waals surface area contributed by atoms with Crippen molar-refractivity contribution in [2.45, 2.75) is 33.4 Å². The quantitative estimate of drug-likeness (QED) is 0.412. The molecule has 0 unspecified atom stereocenters. The highest BCUT2D eigenvalue weighted by Crippen LogP contribution is 2.26. The number of aryl methyl sites for hydroxylation is 1. The number of hydrogen-bond acceptors (Lipinski definition) is 10. The van der Waals surface area contributed by atoms with E-state index in [-0.39, 0.29) is 17.6 Å². The Morgan fingerprint density at radius 3 is 2.50 bits per heavy atom. The molecular formula is C25H30N8O3. The molecular weight excluding hydrogens is 460 g/mol. The lowest BCUT2D eigenvalue weighted by molar-refractivity contribution is 0.232. The smallest absolute Gasteiger partial charge is 0.270 e. The fraction of sp³-hybridized carbons (Fsp3) is 0.400. The Balaban J connectivity index is 1.28. The van der Waals surface area contributed by atoms with Crippen molar-refractivity contribution < 1.29 is 9.15 Å². The van der Waals surface area contributed by atoms with Crippen molar-refractivity contribution in [3.05, 3.63) is 52.8 Å². The van der Waals surface area contributed by atoms with Crippen LogP contribution in [0.3, 0.4) is 0 Å². The molecule has 2 N–H and O–H groups in total. The van der Waals surface area contributed by atoms with Crippen LogP contribution in [0.5, 0.6) is 5.88 Å². The van der Waals surface area contributed by atoms with Gasteiger partial charge in [-0.3, -0.25) is 14.3 Å². The van der Waals surface area contributed by atoms with Gasteiger partial charge in [-0.15, -0.1) is 0 Å². The molecule has 36 heavy (non-hydrogen) atoms. The fourth-order valence-corrected chi connectivity index (χ4v) is 4.35. The van der Waals surface area contributed by atoms with Gasteiger partial charge in [0.1, 0.15) is 17.0 Å². The molecule has 0 aromatic carbocycles. The SMILES string of the molecule is Cc1ccc(-c2nc(N)nc3c2ncc(=O)n3CCN2CCN(c3ccc(OC(C)C)nc3)CC2)o1. The summed E-state index contributed by atoms with van der Waals surface area (Å²) in [6.07, 6.45) is 3.26. The summed E-state index contributed by atoms with van der Waals surface area (Å²) in [6, 6.07) is 7.62. The van der Waals surface area contributed by atoms with E-state index in [0.717, 1.165) is 37.6 Å². The number of hydrogen-bond donors (Lipinski definition) is 1. The van der Waals surface area contributed by atoms with Crippen LogP contribution in [0.15, 0.2) is 45.9 Å². The van der Waals surface area contributed by atoms with Gasteiger partial charge in [-0.05, 0) is 39.0 Å². The number of fused-ring (bicyclic) bond motifs is 1. The molecule has 0 amide bonds. The lowest BCUT2D eigenvalue weighted by atomic mass is 10.2. The van der Waals surface area contributed by atoms with Crippen LogP contribution in [0.2, 0.25) is 0 Å². The van der Waals surface area contributed by atoms with Crippen molar-refractivity contribution in [1.82, 2.24) is 29.4 Å². The first-order valence-electron chi connectivity index (χ1n) is 12.1. The van der Waals surface area contributed by atoms with Gasteiger partial charge >= 0.3 is 0 Å². The summed E-state index contributed by atoms with van der Waals surface area (Å²) in [5, 5.41) is 0. The lowest BCUT2D eigenvalue weighted by Gasteiger charge is -2.36. The zero-order valence-electron chi connectivity index (χ0n) is 20.7. The van der Waals surface area contributed by atoms with Gasteiger partial charge in [-0.1, -0.05) is 0 Å². The maximum Gasteiger partial charge on any atom is 0.270 e. The van der Waals surface area contributed by atoms with E-state index < -0.39 is 0 Å². The molecule has 1 aliphatic rings. The third-order valence-electron chi connectivity index (χ3n) is 6.14. The molecule has 4 aromatic heterocycles. The van der Waals surface area contributed by atoms with Gasteiger partial charge in [0.15, 0.2) is 11.4 Å². The molecule has 11 nitrogen and oxygen atoms in total. The van der Waals surface area contributed by atoms with Crippen LogP contribution in [0, 0.1) is 6.92 Å². The summed E-state index contributed by atoms with van der Waals surface area (Å²) < 4.78 is 13.0. The van der Waals surface area contributed by atoms with E-state index in [4.69, 9.17) is 14.9 Å². The number of nitrogens with zero attached hydrogens (tertiary/aromatic N) is 7. The van der Waals surface area contributed by atoms with E-state index in [1.54, 1.807) is 4.57 Å². The Hall–Kier alpha value is -3.99. The van der Waals surface area contributed by atoms with Gasteiger partial charge < -0.3 is 19.8 Å². The number of nitrogen functional groups attached to an aromatic ring is 1. The zero-order valence-corrected chi connectivity index (χ0v) is 20.7. The first-order valence-corrected chi connectivity index (χ1v) is 12.1. The largest absolute Gasteiger partial charge is 0.475 e. The van der Waals surface area contributed by atoms with E-state index >= 15 is 0 Å². The van der Waals surface area contributed by atoms with Gasteiger partial charge in [-0.2, -0.15) is 4.98 Å². The number of anilines is 2. The minimum Gasteiger partial charge on any atom is -0.475 e. The van der Waals surface area contributed by atoms with Crippen LogP contribution in [0.25, 0.3) is 22.6 Å². The van der Waals surface area contributed by atoms with Gasteiger partial charge in [0.05, 0.1) is 24.2 Å². The van der Waals surface area contributed by atoms with Crippen molar-refractivity contribution in [3.8, 4) is 17.3 Å². The highest BCUT2D eigenvalue weighted by molar-refractivity contribution is 5.86. The lowest BCUT2D eigenvalue weighted by Crippen LogP contribution is -2.47. The first-order chi connectivity index (χ1) is 17.4. The van der Waals surface area contributed by atoms with Crippen molar-refractivity contribution in [3.63, 3.8) is 0 Å². The topological polar surface area (TPSA) is 128 Å². The molecule has 4 aromatic rings. The van der Waals surface area contributed by atoms with E-state index in [9.17, 15) is 4.79 Å². The van der Waals surface area contributed by atoms with Gasteiger partial charge in [0, 0.05) is 45.3 Å². The predicted molar refractivity (Wildman–Crippen MR) is 137 cm³/mol. The summed E-state index contributed by atoms with van der Waals surface area (Å²) >= 11 is 0. The van der Waals surface area contributed by atoms with Crippen molar-refractivity contribution in [2.24, 2.45) is 0 Å².